The number of hydrogen-bond donors (Lipinski definition) is 1. The summed E-state index contributed by atoms with van der Waals surface area (Å²) in [6, 6.07) is 9.43. The Balaban J connectivity index is 2.22. The first-order valence-corrected chi connectivity index (χ1v) is 7.04. The Morgan fingerprint density at radius 2 is 1.63 bits per heavy atom. The second-order valence-corrected chi connectivity index (χ2v) is 5.66. The molecule has 0 aliphatic carbocycles. The number of sulfonamides is 1. The van der Waals surface area contributed by atoms with Gasteiger partial charge in [-0.05, 0) is 36.4 Å². The van der Waals surface area contributed by atoms with E-state index in [0.29, 0.717) is 11.5 Å². The molecule has 0 bridgehead atoms. The van der Waals surface area contributed by atoms with Gasteiger partial charge in [0.25, 0.3) is 0 Å². The van der Waals surface area contributed by atoms with Crippen LogP contribution in [0.15, 0.2) is 47.4 Å². The molecule has 2 aromatic rings. The van der Waals surface area contributed by atoms with Gasteiger partial charge in [0.15, 0.2) is 0 Å². The van der Waals surface area contributed by atoms with Gasteiger partial charge in [0.1, 0.15) is 17.3 Å². The van der Waals surface area contributed by atoms with Crippen molar-refractivity contribution in [2.45, 2.75) is 4.90 Å². The van der Waals surface area contributed by atoms with Crippen LogP contribution >= 0.6 is 11.6 Å². The molecule has 0 saturated carbocycles. The van der Waals surface area contributed by atoms with Gasteiger partial charge in [0.2, 0.25) is 10.0 Å². The monoisotopic (exact) mass is 301 g/mol. The number of primary sulfonamides is 1. The molecule has 0 aromatic heterocycles. The summed E-state index contributed by atoms with van der Waals surface area (Å²) in [5, 5.41) is 4.91. The largest absolute Gasteiger partial charge is 0.457 e. The molecule has 0 radical (unpaired) electrons. The minimum absolute atomic E-state index is 0.0167. The molecule has 0 fully saturated rings. The molecule has 100 valence electrons. The van der Waals surface area contributed by atoms with E-state index in [0.717, 1.165) is 0 Å². The van der Waals surface area contributed by atoms with Gasteiger partial charge >= 0.3 is 0 Å². The van der Waals surface area contributed by atoms with Crippen molar-refractivity contribution >= 4 is 21.6 Å². The molecule has 7 heteroatoms. The molecule has 4 nitrogen and oxygen atoms in total. The number of hydrogen-bond acceptors (Lipinski definition) is 3. The van der Waals surface area contributed by atoms with Gasteiger partial charge in [0, 0.05) is 6.07 Å². The Morgan fingerprint density at radius 1 is 1.05 bits per heavy atom. The van der Waals surface area contributed by atoms with E-state index in [2.05, 4.69) is 0 Å². The van der Waals surface area contributed by atoms with Crippen LogP contribution in [0.2, 0.25) is 5.02 Å². The maximum atomic E-state index is 13.0. The first-order valence-electron chi connectivity index (χ1n) is 5.12. The van der Waals surface area contributed by atoms with Crippen LogP contribution in [0.5, 0.6) is 11.5 Å². The zero-order valence-corrected chi connectivity index (χ0v) is 11.1. The second kappa shape index (κ2) is 5.16. The van der Waals surface area contributed by atoms with E-state index in [-0.39, 0.29) is 9.92 Å². The lowest BCUT2D eigenvalue weighted by atomic mass is 10.3. The molecule has 0 saturated heterocycles. The van der Waals surface area contributed by atoms with Crippen molar-refractivity contribution < 1.29 is 17.5 Å². The molecular weight excluding hydrogens is 293 g/mol. The highest BCUT2D eigenvalue weighted by Crippen LogP contribution is 2.26. The summed E-state index contributed by atoms with van der Waals surface area (Å²) >= 11 is 5.61. The summed E-state index contributed by atoms with van der Waals surface area (Å²) in [6.45, 7) is 0. The lowest BCUT2D eigenvalue weighted by molar-refractivity contribution is 0.480. The van der Waals surface area contributed by atoms with Crippen molar-refractivity contribution in [1.82, 2.24) is 0 Å². The first-order chi connectivity index (χ1) is 8.86. The van der Waals surface area contributed by atoms with Crippen LogP contribution in [-0.2, 0) is 10.0 Å². The highest BCUT2D eigenvalue weighted by Gasteiger charge is 2.08. The summed E-state index contributed by atoms with van der Waals surface area (Å²) in [5.74, 6) is 0.184. The van der Waals surface area contributed by atoms with E-state index in [1.165, 1.54) is 42.5 Å². The van der Waals surface area contributed by atoms with Crippen molar-refractivity contribution in [2.75, 3.05) is 0 Å². The molecule has 19 heavy (non-hydrogen) atoms. The van der Waals surface area contributed by atoms with Gasteiger partial charge in [-0.15, -0.1) is 0 Å². The van der Waals surface area contributed by atoms with Gasteiger partial charge in [-0.2, -0.15) is 0 Å². The fourth-order valence-electron chi connectivity index (χ4n) is 1.37. The third-order valence-corrected chi connectivity index (χ3v) is 3.50. The maximum Gasteiger partial charge on any atom is 0.238 e. The topological polar surface area (TPSA) is 69.4 Å². The lowest BCUT2D eigenvalue weighted by Crippen LogP contribution is -2.11. The van der Waals surface area contributed by atoms with Crippen molar-refractivity contribution in [1.29, 1.82) is 0 Å². The zero-order chi connectivity index (χ0) is 14.0. The average molecular weight is 302 g/mol. The van der Waals surface area contributed by atoms with Crippen LogP contribution in [0.4, 0.5) is 4.39 Å². The molecule has 0 spiro atoms. The second-order valence-electron chi connectivity index (χ2n) is 3.69. The Labute approximate surface area is 114 Å². The fraction of sp³-hybridized carbons (Fsp3) is 0. The molecule has 2 rings (SSSR count). The zero-order valence-electron chi connectivity index (χ0n) is 9.51. The number of halogens is 2. The van der Waals surface area contributed by atoms with Gasteiger partial charge < -0.3 is 4.74 Å². The van der Waals surface area contributed by atoms with E-state index in [4.69, 9.17) is 21.5 Å². The van der Waals surface area contributed by atoms with E-state index < -0.39 is 15.8 Å². The minimum Gasteiger partial charge on any atom is -0.457 e. The van der Waals surface area contributed by atoms with Gasteiger partial charge in [-0.25, -0.2) is 17.9 Å². The summed E-state index contributed by atoms with van der Waals surface area (Å²) < 4.78 is 40.5. The molecule has 0 amide bonds. The molecule has 0 aliphatic heterocycles. The van der Waals surface area contributed by atoms with Crippen LogP contribution in [0, 0.1) is 5.82 Å². The van der Waals surface area contributed by atoms with E-state index >= 15 is 0 Å². The minimum atomic E-state index is -3.73. The summed E-state index contributed by atoms with van der Waals surface area (Å²) in [7, 11) is -3.73. The molecule has 0 unspecified atom stereocenters. The van der Waals surface area contributed by atoms with Crippen LogP contribution in [0.3, 0.4) is 0 Å². The third kappa shape index (κ3) is 3.44. The van der Waals surface area contributed by atoms with E-state index in [9.17, 15) is 12.8 Å². The van der Waals surface area contributed by atoms with Crippen molar-refractivity contribution in [2.24, 2.45) is 5.14 Å². The smallest absolute Gasteiger partial charge is 0.238 e. The summed E-state index contributed by atoms with van der Waals surface area (Å²) in [4.78, 5) is -0.0167. The Hall–Kier alpha value is -1.63. The Morgan fingerprint density at radius 3 is 2.16 bits per heavy atom. The summed E-state index contributed by atoms with van der Waals surface area (Å²) in [6.07, 6.45) is 0. The van der Waals surface area contributed by atoms with Crippen molar-refractivity contribution in [3.05, 3.63) is 53.3 Å². The molecule has 0 atom stereocenters. The molecule has 0 aliphatic rings. The molecular formula is C12H9ClFNO3S. The standard InChI is InChI=1S/C12H9ClFNO3S/c13-11-7-9(3-6-12(11)14)18-8-1-4-10(5-2-8)19(15,16)17/h1-7H,(H2,15,16,17). The first kappa shape index (κ1) is 13.8. The molecule has 2 N–H and O–H groups in total. The van der Waals surface area contributed by atoms with Crippen LogP contribution in [0.25, 0.3) is 0 Å². The Bertz CT molecular complexity index is 701. The number of rotatable bonds is 3. The van der Waals surface area contributed by atoms with E-state index in [1.807, 2.05) is 0 Å². The SMILES string of the molecule is NS(=O)(=O)c1ccc(Oc2ccc(F)c(Cl)c2)cc1. The highest BCUT2D eigenvalue weighted by atomic mass is 35.5. The molecule has 0 heterocycles. The van der Waals surface area contributed by atoms with Gasteiger partial charge in [-0.3, -0.25) is 0 Å². The fourth-order valence-corrected chi connectivity index (χ4v) is 2.06. The maximum absolute atomic E-state index is 13.0. The van der Waals surface area contributed by atoms with Gasteiger partial charge in [0.05, 0.1) is 9.92 Å². The predicted octanol–water partition coefficient (Wildman–Crippen LogP) is 2.92. The van der Waals surface area contributed by atoms with Crippen molar-refractivity contribution in [3.63, 3.8) is 0 Å². The third-order valence-electron chi connectivity index (χ3n) is 2.28. The highest BCUT2D eigenvalue weighted by molar-refractivity contribution is 7.89. The lowest BCUT2D eigenvalue weighted by Gasteiger charge is -2.06. The number of ether oxygens (including phenoxy) is 1. The molecule has 2 aromatic carbocycles. The van der Waals surface area contributed by atoms with Crippen LogP contribution in [0.1, 0.15) is 0 Å². The predicted molar refractivity (Wildman–Crippen MR) is 69.3 cm³/mol. The van der Waals surface area contributed by atoms with E-state index in [1.54, 1.807) is 0 Å². The van der Waals surface area contributed by atoms with Gasteiger partial charge in [-0.1, -0.05) is 11.6 Å². The summed E-state index contributed by atoms with van der Waals surface area (Å²) in [5.41, 5.74) is 0. The van der Waals surface area contributed by atoms with Crippen LogP contribution < -0.4 is 9.88 Å². The van der Waals surface area contributed by atoms with Crippen LogP contribution in [-0.4, -0.2) is 8.42 Å². The Kier molecular flexibility index (Phi) is 3.75. The van der Waals surface area contributed by atoms with Crippen molar-refractivity contribution in [3.8, 4) is 11.5 Å². The number of benzene rings is 2. The normalized spacial score (nSPS) is 11.3. The quantitative estimate of drug-likeness (QED) is 0.947. The number of nitrogens with two attached hydrogens (primary N) is 1. The average Bonchev–Trinajstić information content (AvgIpc) is 2.33.